The predicted octanol–water partition coefficient (Wildman–Crippen LogP) is 6.25. The summed E-state index contributed by atoms with van der Waals surface area (Å²) in [6.45, 7) is 0. The topological polar surface area (TPSA) is 44.8 Å². The van der Waals surface area contributed by atoms with Gasteiger partial charge in [0.05, 0.1) is 0 Å². The molecule has 0 heterocycles. The van der Waals surface area contributed by atoms with E-state index in [2.05, 4.69) is 0 Å². The fourth-order valence-electron chi connectivity index (χ4n) is 1.89. The summed E-state index contributed by atoms with van der Waals surface area (Å²) in [6.07, 6.45) is 0. The SMILES string of the molecule is F.F.F.F.F.F.O=P(Oc1ccccc1)(Oc1ccccc1)Oc1ccccc1. The molecule has 0 aliphatic heterocycles. The number of hydrogen-bond donors (Lipinski definition) is 0. The fourth-order valence-corrected chi connectivity index (χ4v) is 3.14. The zero-order chi connectivity index (χ0) is 16.0. The average molecular weight is 446 g/mol. The maximum absolute atomic E-state index is 13.1. The molecule has 0 amide bonds. The lowest BCUT2D eigenvalue weighted by molar-refractivity contribution is 0.298. The molecular weight excluding hydrogens is 425 g/mol. The van der Waals surface area contributed by atoms with Crippen LogP contribution in [0.4, 0.5) is 28.2 Å². The Kier molecular flexibility index (Phi) is 18.3. The van der Waals surface area contributed by atoms with E-state index in [-0.39, 0.29) is 28.2 Å². The van der Waals surface area contributed by atoms with Crippen LogP contribution in [0.15, 0.2) is 91.0 Å². The Balaban J connectivity index is -0.000000521. The van der Waals surface area contributed by atoms with Gasteiger partial charge < -0.3 is 13.6 Å². The first-order valence-electron chi connectivity index (χ1n) is 7.07. The third-order valence-corrected chi connectivity index (χ3v) is 4.18. The van der Waals surface area contributed by atoms with Gasteiger partial charge in [0.25, 0.3) is 0 Å². The maximum atomic E-state index is 13.1. The number of benzene rings is 3. The Labute approximate surface area is 163 Å². The van der Waals surface area contributed by atoms with Gasteiger partial charge in [-0.15, -0.1) is 0 Å². The highest BCUT2D eigenvalue weighted by molar-refractivity contribution is 7.49. The minimum absolute atomic E-state index is 0. The molecule has 3 rings (SSSR count). The molecule has 0 radical (unpaired) electrons. The van der Waals surface area contributed by atoms with E-state index in [9.17, 15) is 4.57 Å². The maximum Gasteiger partial charge on any atom is 0.647 e. The Bertz CT molecular complexity index is 689. The number of para-hydroxylation sites is 3. The summed E-state index contributed by atoms with van der Waals surface area (Å²) in [5.41, 5.74) is 0. The van der Waals surface area contributed by atoms with Crippen LogP contribution in [-0.2, 0) is 4.57 Å². The summed E-state index contributed by atoms with van der Waals surface area (Å²) >= 11 is 0. The summed E-state index contributed by atoms with van der Waals surface area (Å²) < 4.78 is 29.6. The van der Waals surface area contributed by atoms with Gasteiger partial charge in [0.1, 0.15) is 17.2 Å². The quantitative estimate of drug-likeness (QED) is 0.332. The number of rotatable bonds is 6. The van der Waals surface area contributed by atoms with Crippen molar-refractivity contribution in [1.29, 1.82) is 0 Å². The highest BCUT2D eigenvalue weighted by Gasteiger charge is 2.33. The van der Waals surface area contributed by atoms with Crippen LogP contribution in [0, 0.1) is 0 Å². The van der Waals surface area contributed by atoms with Gasteiger partial charge in [-0.05, 0) is 36.4 Å². The molecule has 0 aliphatic rings. The smallest absolute Gasteiger partial charge is 0.386 e. The van der Waals surface area contributed by atoms with Crippen LogP contribution in [-0.4, -0.2) is 0 Å². The van der Waals surface area contributed by atoms with Crippen LogP contribution in [0.25, 0.3) is 0 Å². The molecule has 0 unspecified atom stereocenters. The fraction of sp³-hybridized carbons (Fsp3) is 0. The molecule has 164 valence electrons. The van der Waals surface area contributed by atoms with Crippen LogP contribution in [0.1, 0.15) is 0 Å². The molecule has 0 N–H and O–H groups in total. The monoisotopic (exact) mass is 446 g/mol. The van der Waals surface area contributed by atoms with Gasteiger partial charge in [-0.25, -0.2) is 0 Å². The molecule has 3 aromatic rings. The summed E-state index contributed by atoms with van der Waals surface area (Å²) in [5, 5.41) is 0. The van der Waals surface area contributed by atoms with Gasteiger partial charge in [-0.3, -0.25) is 28.2 Å². The molecule has 0 aliphatic carbocycles. The minimum atomic E-state index is -3.89. The van der Waals surface area contributed by atoms with E-state index in [1.165, 1.54) is 0 Å². The highest BCUT2D eigenvalue weighted by atomic mass is 31.2. The normalized spacial score (nSPS) is 8.55. The molecule has 3 aromatic carbocycles. The molecule has 4 nitrogen and oxygen atoms in total. The average Bonchev–Trinajstić information content (AvgIpc) is 2.57. The molecule has 0 aromatic heterocycles. The lowest BCUT2D eigenvalue weighted by Gasteiger charge is -2.19. The van der Waals surface area contributed by atoms with E-state index in [1.54, 1.807) is 72.8 Å². The molecule has 0 fully saturated rings. The minimum Gasteiger partial charge on any atom is -0.386 e. The molecule has 0 spiro atoms. The van der Waals surface area contributed by atoms with Gasteiger partial charge in [0.2, 0.25) is 0 Å². The van der Waals surface area contributed by atoms with Gasteiger partial charge in [0.15, 0.2) is 0 Å². The first-order chi connectivity index (χ1) is 11.2. The Hall–Kier alpha value is -3.13. The van der Waals surface area contributed by atoms with E-state index < -0.39 is 7.82 Å². The molecular formula is C18H21F6O4P. The van der Waals surface area contributed by atoms with E-state index in [1.807, 2.05) is 18.2 Å². The Morgan fingerprint density at radius 3 is 0.828 bits per heavy atom. The van der Waals surface area contributed by atoms with E-state index in [0.29, 0.717) is 17.2 Å². The largest absolute Gasteiger partial charge is 0.647 e. The predicted molar refractivity (Wildman–Crippen MR) is 104 cm³/mol. The first kappa shape index (κ1) is 33.5. The lowest BCUT2D eigenvalue weighted by atomic mass is 10.3. The molecule has 0 bridgehead atoms. The number of phosphoric acid groups is 1. The van der Waals surface area contributed by atoms with Crippen molar-refractivity contribution in [3.05, 3.63) is 91.0 Å². The van der Waals surface area contributed by atoms with Crippen molar-refractivity contribution in [2.75, 3.05) is 0 Å². The summed E-state index contributed by atoms with van der Waals surface area (Å²) in [7, 11) is -3.89. The lowest BCUT2D eigenvalue weighted by Crippen LogP contribution is -2.07. The third kappa shape index (κ3) is 10.1. The van der Waals surface area contributed by atoms with Crippen molar-refractivity contribution < 1.29 is 46.4 Å². The molecule has 0 atom stereocenters. The van der Waals surface area contributed by atoms with Gasteiger partial charge >= 0.3 is 7.82 Å². The first-order valence-corrected chi connectivity index (χ1v) is 8.54. The van der Waals surface area contributed by atoms with Gasteiger partial charge in [0, 0.05) is 0 Å². The van der Waals surface area contributed by atoms with Gasteiger partial charge in [-0.1, -0.05) is 54.6 Å². The van der Waals surface area contributed by atoms with Crippen LogP contribution < -0.4 is 13.6 Å². The summed E-state index contributed by atoms with van der Waals surface area (Å²) in [5.74, 6) is 1.22. The van der Waals surface area contributed by atoms with Crippen LogP contribution in [0.5, 0.6) is 17.2 Å². The molecule has 11 heteroatoms. The Morgan fingerprint density at radius 2 is 0.621 bits per heavy atom. The summed E-state index contributed by atoms with van der Waals surface area (Å²) in [6, 6.07) is 26.4. The molecule has 0 saturated heterocycles. The van der Waals surface area contributed by atoms with E-state index in [0.717, 1.165) is 0 Å². The third-order valence-electron chi connectivity index (χ3n) is 2.88. The van der Waals surface area contributed by atoms with Crippen LogP contribution in [0.3, 0.4) is 0 Å². The van der Waals surface area contributed by atoms with Crippen molar-refractivity contribution in [2.24, 2.45) is 0 Å². The number of phosphoric ester groups is 1. The standard InChI is InChI=1S/C18H15O4P.6FH/c19-23(20-16-10-4-1-5-11-16,21-17-12-6-2-7-13-17)22-18-14-8-3-9-15-18;;;;;;/h1-15H;6*1H. The van der Waals surface area contributed by atoms with Crippen LogP contribution >= 0.6 is 7.82 Å². The van der Waals surface area contributed by atoms with Crippen LogP contribution in [0.2, 0.25) is 0 Å². The highest BCUT2D eigenvalue weighted by Crippen LogP contribution is 2.49. The zero-order valence-electron chi connectivity index (χ0n) is 14.7. The van der Waals surface area contributed by atoms with Crippen molar-refractivity contribution in [3.8, 4) is 17.2 Å². The van der Waals surface area contributed by atoms with Crippen molar-refractivity contribution in [3.63, 3.8) is 0 Å². The van der Waals surface area contributed by atoms with Crippen molar-refractivity contribution in [2.45, 2.75) is 0 Å². The Morgan fingerprint density at radius 1 is 0.414 bits per heavy atom. The van der Waals surface area contributed by atoms with E-state index in [4.69, 9.17) is 13.6 Å². The van der Waals surface area contributed by atoms with Crippen molar-refractivity contribution in [1.82, 2.24) is 0 Å². The number of halogens is 6. The second kappa shape index (κ2) is 15.9. The molecule has 0 saturated carbocycles. The van der Waals surface area contributed by atoms with E-state index >= 15 is 0 Å². The van der Waals surface area contributed by atoms with Gasteiger partial charge in [-0.2, -0.15) is 4.57 Å². The zero-order valence-corrected chi connectivity index (χ0v) is 15.6. The summed E-state index contributed by atoms with van der Waals surface area (Å²) in [4.78, 5) is 0. The van der Waals surface area contributed by atoms with Crippen molar-refractivity contribution >= 4 is 7.82 Å². The molecule has 29 heavy (non-hydrogen) atoms. The second-order valence-electron chi connectivity index (χ2n) is 4.66. The number of hydrogen-bond acceptors (Lipinski definition) is 4. The second-order valence-corrected chi connectivity index (χ2v) is 6.10.